The molecule has 6 nitrogen and oxygen atoms in total. The van der Waals surface area contributed by atoms with Crippen LogP contribution >= 0.6 is 27.5 Å². The number of amides is 1. The highest BCUT2D eigenvalue weighted by atomic mass is 79.9. The molecule has 1 unspecified atom stereocenters. The number of pyridine rings is 1. The van der Waals surface area contributed by atoms with Gasteiger partial charge in [-0.05, 0) is 46.6 Å². The first kappa shape index (κ1) is 19.7. The lowest BCUT2D eigenvalue weighted by Gasteiger charge is -2.27. The van der Waals surface area contributed by atoms with Crippen molar-refractivity contribution in [1.29, 1.82) is 0 Å². The summed E-state index contributed by atoms with van der Waals surface area (Å²) in [6.45, 7) is 6.06. The molecule has 0 spiro atoms. The van der Waals surface area contributed by atoms with Crippen molar-refractivity contribution >= 4 is 39.1 Å². The monoisotopic (exact) mass is 472 g/mol. The molecule has 1 aliphatic rings. The first-order valence-electron chi connectivity index (χ1n) is 8.96. The van der Waals surface area contributed by atoms with Crippen molar-refractivity contribution in [3.8, 4) is 0 Å². The van der Waals surface area contributed by atoms with Crippen molar-refractivity contribution in [2.24, 2.45) is 7.05 Å². The van der Waals surface area contributed by atoms with Crippen LogP contribution in [0.5, 0.6) is 0 Å². The van der Waals surface area contributed by atoms with E-state index in [0.717, 1.165) is 11.3 Å². The molecular formula is C21H18BrClN4O2. The van der Waals surface area contributed by atoms with Gasteiger partial charge in [-0.15, -0.1) is 6.58 Å². The first-order valence-corrected chi connectivity index (χ1v) is 10.1. The summed E-state index contributed by atoms with van der Waals surface area (Å²) in [6, 6.07) is 8.72. The van der Waals surface area contributed by atoms with Crippen molar-refractivity contribution in [2.45, 2.75) is 19.5 Å². The number of anilines is 1. The van der Waals surface area contributed by atoms with E-state index in [2.05, 4.69) is 27.5 Å². The largest absolute Gasteiger partial charge is 0.316 e. The standard InChI is InChI=1S/C21H18BrClN4O2/c1-4-9-26-18-16(24-21(26)22)20(29)27(15-10-12(2)19(28)25(3)11-15)17(18)13-5-7-14(23)8-6-13/h4-8,10-11,17H,1,9H2,2-3H3. The fourth-order valence-corrected chi connectivity index (χ4v) is 4.37. The molecule has 1 atom stereocenters. The molecule has 1 aliphatic heterocycles. The number of hydrogen-bond donors (Lipinski definition) is 0. The van der Waals surface area contributed by atoms with E-state index >= 15 is 0 Å². The summed E-state index contributed by atoms with van der Waals surface area (Å²) in [5.74, 6) is -0.221. The third-order valence-corrected chi connectivity index (χ3v) is 5.88. The van der Waals surface area contributed by atoms with Crippen LogP contribution in [0.4, 0.5) is 5.69 Å². The zero-order valence-corrected chi connectivity index (χ0v) is 18.2. The summed E-state index contributed by atoms with van der Waals surface area (Å²) >= 11 is 9.55. The maximum Gasteiger partial charge on any atom is 0.279 e. The number of imidazole rings is 1. The molecule has 0 aliphatic carbocycles. The van der Waals surface area contributed by atoms with Gasteiger partial charge in [-0.2, -0.15) is 0 Å². The average molecular weight is 474 g/mol. The number of halogens is 2. The third kappa shape index (κ3) is 3.14. The Labute approximate surface area is 181 Å². The SMILES string of the molecule is C=CCn1c(Br)nc2c1C(c1ccc(Cl)cc1)N(c1cc(C)c(=O)n(C)c1)C2=O. The number of fused-ring (bicyclic) bond motifs is 1. The van der Waals surface area contributed by atoms with E-state index in [-0.39, 0.29) is 11.5 Å². The van der Waals surface area contributed by atoms with E-state index in [1.807, 2.05) is 16.7 Å². The molecule has 0 saturated carbocycles. The summed E-state index contributed by atoms with van der Waals surface area (Å²) in [4.78, 5) is 31.7. The minimum Gasteiger partial charge on any atom is -0.316 e. The maximum atomic E-state index is 13.4. The second kappa shape index (κ2) is 7.31. The lowest BCUT2D eigenvalue weighted by Crippen LogP contribution is -2.32. The lowest BCUT2D eigenvalue weighted by atomic mass is 10.0. The Balaban J connectivity index is 1.97. The Kier molecular flexibility index (Phi) is 4.96. The van der Waals surface area contributed by atoms with E-state index in [0.29, 0.717) is 33.2 Å². The van der Waals surface area contributed by atoms with Gasteiger partial charge in [-0.25, -0.2) is 4.98 Å². The predicted octanol–water partition coefficient (Wildman–Crippen LogP) is 4.24. The van der Waals surface area contributed by atoms with E-state index in [1.165, 1.54) is 4.57 Å². The number of benzene rings is 1. The van der Waals surface area contributed by atoms with Gasteiger partial charge in [0.2, 0.25) is 0 Å². The van der Waals surface area contributed by atoms with Gasteiger partial charge in [0, 0.05) is 30.4 Å². The average Bonchev–Trinajstić information content (AvgIpc) is 3.15. The number of rotatable bonds is 4. The van der Waals surface area contributed by atoms with Gasteiger partial charge in [-0.1, -0.05) is 29.8 Å². The van der Waals surface area contributed by atoms with Gasteiger partial charge < -0.3 is 9.13 Å². The zero-order chi connectivity index (χ0) is 20.9. The van der Waals surface area contributed by atoms with Gasteiger partial charge >= 0.3 is 0 Å². The normalized spacial score (nSPS) is 15.7. The van der Waals surface area contributed by atoms with Crippen molar-refractivity contribution in [3.05, 3.63) is 91.8 Å². The molecule has 2 aromatic heterocycles. The molecular weight excluding hydrogens is 456 g/mol. The van der Waals surface area contributed by atoms with E-state index in [4.69, 9.17) is 11.6 Å². The zero-order valence-electron chi connectivity index (χ0n) is 15.9. The van der Waals surface area contributed by atoms with Gasteiger partial charge in [0.15, 0.2) is 10.4 Å². The number of nitrogens with zero attached hydrogens (tertiary/aromatic N) is 4. The molecule has 3 aromatic rings. The molecule has 0 N–H and O–H groups in total. The van der Waals surface area contributed by atoms with Crippen LogP contribution in [0.25, 0.3) is 0 Å². The minimum absolute atomic E-state index is 0.0991. The number of carbonyl (C=O) groups is 1. The van der Waals surface area contributed by atoms with Gasteiger partial charge in [0.1, 0.15) is 6.04 Å². The topological polar surface area (TPSA) is 60.1 Å². The smallest absolute Gasteiger partial charge is 0.279 e. The quantitative estimate of drug-likeness (QED) is 0.533. The summed E-state index contributed by atoms with van der Waals surface area (Å²) in [5.41, 5.74) is 3.14. The van der Waals surface area contributed by atoms with E-state index in [1.54, 1.807) is 49.3 Å². The van der Waals surface area contributed by atoms with Crippen molar-refractivity contribution < 1.29 is 4.79 Å². The fourth-order valence-electron chi connectivity index (χ4n) is 3.73. The van der Waals surface area contributed by atoms with E-state index in [9.17, 15) is 9.59 Å². The number of carbonyl (C=O) groups excluding carboxylic acids is 1. The van der Waals surface area contributed by atoms with Crippen LogP contribution in [-0.4, -0.2) is 20.0 Å². The van der Waals surface area contributed by atoms with Gasteiger partial charge in [0.05, 0.1) is 11.4 Å². The van der Waals surface area contributed by atoms with Crippen LogP contribution in [0.1, 0.15) is 33.4 Å². The minimum atomic E-state index is -0.412. The lowest BCUT2D eigenvalue weighted by molar-refractivity contribution is 0.0989. The molecule has 3 heterocycles. The van der Waals surface area contributed by atoms with Gasteiger partial charge in [0.25, 0.3) is 11.5 Å². The van der Waals surface area contributed by atoms with Crippen LogP contribution in [-0.2, 0) is 13.6 Å². The Morgan fingerprint density at radius 1 is 1.28 bits per heavy atom. The molecule has 8 heteroatoms. The molecule has 148 valence electrons. The number of aromatic nitrogens is 3. The Bertz CT molecular complexity index is 1170. The van der Waals surface area contributed by atoms with Gasteiger partial charge in [-0.3, -0.25) is 14.5 Å². The fraction of sp³-hybridized carbons (Fsp3) is 0.190. The Hall–Kier alpha value is -2.64. The molecule has 0 fully saturated rings. The molecule has 1 amide bonds. The number of allylic oxidation sites excluding steroid dienone is 1. The van der Waals surface area contributed by atoms with Crippen LogP contribution in [0, 0.1) is 6.92 Å². The molecule has 4 rings (SSSR count). The molecule has 29 heavy (non-hydrogen) atoms. The summed E-state index contributed by atoms with van der Waals surface area (Å²) in [6.07, 6.45) is 3.43. The molecule has 1 aromatic carbocycles. The third-order valence-electron chi connectivity index (χ3n) is 5.02. The molecule has 0 radical (unpaired) electrons. The summed E-state index contributed by atoms with van der Waals surface area (Å²) in [7, 11) is 1.68. The maximum absolute atomic E-state index is 13.4. The van der Waals surface area contributed by atoms with Crippen LogP contribution in [0.15, 0.2) is 58.7 Å². The second-order valence-electron chi connectivity index (χ2n) is 6.94. The molecule has 0 bridgehead atoms. The summed E-state index contributed by atoms with van der Waals surface area (Å²) < 4.78 is 3.99. The Morgan fingerprint density at radius 3 is 2.59 bits per heavy atom. The Morgan fingerprint density at radius 2 is 1.97 bits per heavy atom. The second-order valence-corrected chi connectivity index (χ2v) is 8.09. The van der Waals surface area contributed by atoms with Crippen molar-refractivity contribution in [2.75, 3.05) is 4.90 Å². The van der Waals surface area contributed by atoms with E-state index < -0.39 is 6.04 Å². The molecule has 0 saturated heterocycles. The highest BCUT2D eigenvalue weighted by Gasteiger charge is 2.44. The summed E-state index contributed by atoms with van der Waals surface area (Å²) in [5, 5.41) is 0.614. The van der Waals surface area contributed by atoms with Crippen LogP contribution in [0.2, 0.25) is 5.02 Å². The van der Waals surface area contributed by atoms with Crippen LogP contribution in [0.3, 0.4) is 0 Å². The predicted molar refractivity (Wildman–Crippen MR) is 117 cm³/mol. The first-order chi connectivity index (χ1) is 13.8. The van der Waals surface area contributed by atoms with Crippen molar-refractivity contribution in [3.63, 3.8) is 0 Å². The highest BCUT2D eigenvalue weighted by Crippen LogP contribution is 2.42. The van der Waals surface area contributed by atoms with Crippen LogP contribution < -0.4 is 10.5 Å². The number of aryl methyl sites for hydroxylation is 2. The highest BCUT2D eigenvalue weighted by molar-refractivity contribution is 9.10. The number of hydrogen-bond acceptors (Lipinski definition) is 3. The van der Waals surface area contributed by atoms with Crippen molar-refractivity contribution in [1.82, 2.24) is 14.1 Å².